The number of ether oxygens (including phenoxy) is 2. The van der Waals surface area contributed by atoms with Gasteiger partial charge in [0, 0.05) is 31.7 Å². The Kier molecular flexibility index (Phi) is 7.94. The molecule has 35 heavy (non-hydrogen) atoms. The van der Waals surface area contributed by atoms with Gasteiger partial charge in [0.2, 0.25) is 0 Å². The van der Waals surface area contributed by atoms with Crippen LogP contribution < -0.4 is 4.74 Å². The monoisotopic (exact) mass is 480 g/mol. The number of morpholine rings is 1. The molecule has 2 aliphatic rings. The minimum Gasteiger partial charge on any atom is -0.507 e. The Labute approximate surface area is 204 Å². The Morgan fingerprint density at radius 1 is 1.09 bits per heavy atom. The molecule has 2 aromatic carbocycles. The zero-order chi connectivity index (χ0) is 24.8. The molecule has 1 atom stereocenters. The molecule has 1 N–H and O–H groups in total. The summed E-state index contributed by atoms with van der Waals surface area (Å²) in [6.07, 6.45) is 2.28. The number of aliphatic hydroxyl groups is 1. The molecule has 1 amide bonds. The summed E-state index contributed by atoms with van der Waals surface area (Å²) in [7, 11) is 0. The van der Waals surface area contributed by atoms with E-state index in [1.165, 1.54) is 17.0 Å². The van der Waals surface area contributed by atoms with E-state index in [-0.39, 0.29) is 11.3 Å². The second kappa shape index (κ2) is 11.3. The van der Waals surface area contributed by atoms with Crippen LogP contribution in [0.25, 0.3) is 5.76 Å². The smallest absolute Gasteiger partial charge is 0.295 e. The minimum absolute atomic E-state index is 0.00672. The van der Waals surface area contributed by atoms with Crippen molar-refractivity contribution in [3.05, 3.63) is 83.7 Å². The molecule has 0 aromatic heterocycles. The largest absolute Gasteiger partial charge is 0.507 e. The van der Waals surface area contributed by atoms with Crippen molar-refractivity contribution >= 4 is 17.4 Å². The van der Waals surface area contributed by atoms with Crippen molar-refractivity contribution in [1.29, 1.82) is 0 Å². The van der Waals surface area contributed by atoms with Gasteiger partial charge in [-0.05, 0) is 48.4 Å². The summed E-state index contributed by atoms with van der Waals surface area (Å²) in [6, 6.07) is 11.4. The Balaban J connectivity index is 1.63. The lowest BCUT2D eigenvalue weighted by molar-refractivity contribution is -0.140. The van der Waals surface area contributed by atoms with Crippen molar-refractivity contribution < 1.29 is 28.6 Å². The lowest BCUT2D eigenvalue weighted by Gasteiger charge is -2.29. The van der Waals surface area contributed by atoms with Crippen LogP contribution in [0.3, 0.4) is 0 Å². The second-order valence-corrected chi connectivity index (χ2v) is 8.48. The average Bonchev–Trinajstić information content (AvgIpc) is 3.13. The van der Waals surface area contributed by atoms with Crippen LogP contribution in [0.4, 0.5) is 4.39 Å². The van der Waals surface area contributed by atoms with Crippen LogP contribution in [0.15, 0.2) is 66.8 Å². The first-order chi connectivity index (χ1) is 17.0. The van der Waals surface area contributed by atoms with Crippen LogP contribution in [0.5, 0.6) is 5.75 Å². The third-order valence-corrected chi connectivity index (χ3v) is 6.20. The summed E-state index contributed by atoms with van der Waals surface area (Å²) in [5.74, 6) is -1.54. The first kappa shape index (κ1) is 24.6. The fraction of sp³-hybridized carbons (Fsp3) is 0.333. The molecular formula is C27H29FN2O5. The molecule has 2 saturated heterocycles. The number of Topliss-reactive ketones (excluding diaryl/α,β-unsaturated/α-hetero) is 1. The Hall–Kier alpha value is -3.49. The van der Waals surface area contributed by atoms with Gasteiger partial charge in [-0.25, -0.2) is 4.39 Å². The fourth-order valence-corrected chi connectivity index (χ4v) is 4.41. The van der Waals surface area contributed by atoms with Gasteiger partial charge in [-0.3, -0.25) is 14.5 Å². The zero-order valence-corrected chi connectivity index (χ0v) is 19.5. The average molecular weight is 481 g/mol. The van der Waals surface area contributed by atoms with E-state index >= 15 is 0 Å². The third kappa shape index (κ3) is 5.61. The lowest BCUT2D eigenvalue weighted by Crippen LogP contribution is -2.38. The number of rotatable bonds is 9. The Bertz CT molecular complexity index is 1090. The molecule has 0 spiro atoms. The van der Waals surface area contributed by atoms with Gasteiger partial charge in [0.25, 0.3) is 11.7 Å². The number of carbonyl (C=O) groups excluding carboxylic acids is 2. The fourth-order valence-electron chi connectivity index (χ4n) is 4.41. The van der Waals surface area contributed by atoms with Gasteiger partial charge < -0.3 is 19.5 Å². The molecular weight excluding hydrogens is 451 g/mol. The van der Waals surface area contributed by atoms with Crippen LogP contribution in [0.2, 0.25) is 0 Å². The number of nitrogens with zero attached hydrogens (tertiary/aromatic N) is 2. The first-order valence-electron chi connectivity index (χ1n) is 11.7. The first-order valence-corrected chi connectivity index (χ1v) is 11.7. The third-order valence-electron chi connectivity index (χ3n) is 6.20. The highest BCUT2D eigenvalue weighted by molar-refractivity contribution is 6.46. The summed E-state index contributed by atoms with van der Waals surface area (Å²) in [5.41, 5.74) is 0.937. The van der Waals surface area contributed by atoms with E-state index < -0.39 is 23.5 Å². The van der Waals surface area contributed by atoms with E-state index in [9.17, 15) is 19.1 Å². The van der Waals surface area contributed by atoms with Crippen molar-refractivity contribution in [2.24, 2.45) is 0 Å². The number of hydrogen-bond donors (Lipinski definition) is 1. The van der Waals surface area contributed by atoms with Gasteiger partial charge in [0.1, 0.15) is 23.9 Å². The molecule has 0 aliphatic carbocycles. The quantitative estimate of drug-likeness (QED) is 0.256. The molecule has 2 aromatic rings. The molecule has 0 radical (unpaired) electrons. The van der Waals surface area contributed by atoms with Crippen LogP contribution in [0.1, 0.15) is 23.6 Å². The predicted octanol–water partition coefficient (Wildman–Crippen LogP) is 3.53. The molecule has 0 unspecified atom stereocenters. The van der Waals surface area contributed by atoms with E-state index in [2.05, 4.69) is 11.5 Å². The summed E-state index contributed by atoms with van der Waals surface area (Å²) < 4.78 is 24.5. The molecule has 184 valence electrons. The van der Waals surface area contributed by atoms with Crippen LogP contribution in [-0.2, 0) is 14.3 Å². The molecule has 2 heterocycles. The molecule has 0 saturated carbocycles. The SMILES string of the molecule is C=CCOc1ccc(C(O)=C2C(=O)C(=O)N(CCCN3CCOCC3)[C@@H]2c2ccc(F)cc2)cc1. The topological polar surface area (TPSA) is 79.3 Å². The summed E-state index contributed by atoms with van der Waals surface area (Å²) >= 11 is 0. The van der Waals surface area contributed by atoms with Gasteiger partial charge in [0.05, 0.1) is 24.8 Å². The number of benzene rings is 2. The maximum Gasteiger partial charge on any atom is 0.295 e. The molecule has 4 rings (SSSR count). The Morgan fingerprint density at radius 2 is 1.77 bits per heavy atom. The van der Waals surface area contributed by atoms with Crippen LogP contribution in [0, 0.1) is 5.82 Å². The number of ketones is 1. The minimum atomic E-state index is -0.808. The molecule has 2 fully saturated rings. The maximum absolute atomic E-state index is 13.6. The number of likely N-dealkylation sites (tertiary alicyclic amines) is 1. The van der Waals surface area contributed by atoms with Gasteiger partial charge in [-0.15, -0.1) is 0 Å². The zero-order valence-electron chi connectivity index (χ0n) is 19.5. The van der Waals surface area contributed by atoms with E-state index in [4.69, 9.17) is 9.47 Å². The standard InChI is InChI=1S/C27H29FN2O5/c1-2-16-35-22-10-6-20(7-11-22)25(31)23-24(19-4-8-21(28)9-5-19)30(27(33)26(23)32)13-3-12-29-14-17-34-18-15-29/h2,4-11,24,31H,1,3,12-18H2/t24-/m1/s1. The van der Waals surface area contributed by atoms with Gasteiger partial charge in [0.15, 0.2) is 0 Å². The predicted molar refractivity (Wildman–Crippen MR) is 129 cm³/mol. The normalized spacial score (nSPS) is 20.3. The van der Waals surface area contributed by atoms with Crippen molar-refractivity contribution in [3.8, 4) is 5.75 Å². The summed E-state index contributed by atoms with van der Waals surface area (Å²) in [6.45, 7) is 8.04. The number of hydrogen-bond acceptors (Lipinski definition) is 6. The van der Waals surface area contributed by atoms with Crippen molar-refractivity contribution in [3.63, 3.8) is 0 Å². The van der Waals surface area contributed by atoms with Gasteiger partial charge in [-0.1, -0.05) is 24.8 Å². The van der Waals surface area contributed by atoms with Crippen molar-refractivity contribution in [1.82, 2.24) is 9.80 Å². The second-order valence-electron chi connectivity index (χ2n) is 8.48. The highest BCUT2D eigenvalue weighted by atomic mass is 19.1. The molecule has 8 heteroatoms. The number of amides is 1. The van der Waals surface area contributed by atoms with Crippen molar-refractivity contribution in [2.45, 2.75) is 12.5 Å². The highest BCUT2D eigenvalue weighted by Gasteiger charge is 2.45. The lowest BCUT2D eigenvalue weighted by atomic mass is 9.95. The summed E-state index contributed by atoms with van der Waals surface area (Å²) in [5, 5.41) is 11.1. The van der Waals surface area contributed by atoms with Gasteiger partial charge in [-0.2, -0.15) is 0 Å². The Morgan fingerprint density at radius 3 is 2.43 bits per heavy atom. The highest BCUT2D eigenvalue weighted by Crippen LogP contribution is 2.39. The maximum atomic E-state index is 13.6. The van der Waals surface area contributed by atoms with E-state index in [0.29, 0.717) is 49.7 Å². The van der Waals surface area contributed by atoms with E-state index in [1.807, 2.05) is 0 Å². The van der Waals surface area contributed by atoms with Gasteiger partial charge >= 0.3 is 0 Å². The molecule has 0 bridgehead atoms. The number of aliphatic hydroxyl groups excluding tert-OH is 1. The molecule has 7 nitrogen and oxygen atoms in total. The van der Waals surface area contributed by atoms with E-state index in [1.54, 1.807) is 42.5 Å². The number of carbonyl (C=O) groups is 2. The molecule has 2 aliphatic heterocycles. The summed E-state index contributed by atoms with van der Waals surface area (Å²) in [4.78, 5) is 29.9. The van der Waals surface area contributed by atoms with E-state index in [0.717, 1.165) is 19.6 Å². The van der Waals surface area contributed by atoms with Crippen LogP contribution >= 0.6 is 0 Å². The number of halogens is 1. The van der Waals surface area contributed by atoms with Crippen LogP contribution in [-0.4, -0.2) is 72.6 Å². The van der Waals surface area contributed by atoms with Crippen molar-refractivity contribution in [2.75, 3.05) is 46.0 Å².